The third kappa shape index (κ3) is 5.21. The molecule has 0 atom stereocenters. The van der Waals surface area contributed by atoms with Crippen molar-refractivity contribution in [1.29, 1.82) is 0 Å². The standard InChI is InChI=1S/C16H15F3N2O3S/c1-2-24-14-7-9-15(10-8-14)25(22,23)21-20-11-12-3-5-13(6-4-12)16(17,18)19/h3-11,21H,2H2,1H3/b20-11-. The summed E-state index contributed by atoms with van der Waals surface area (Å²) in [4.78, 5) is 1.99. The Bertz CT molecular complexity index is 830. The quantitative estimate of drug-likeness (QED) is 0.624. The summed E-state index contributed by atoms with van der Waals surface area (Å²) < 4.78 is 66.7. The van der Waals surface area contributed by atoms with Crippen LogP contribution in [0.4, 0.5) is 13.2 Å². The van der Waals surface area contributed by atoms with Crippen molar-refractivity contribution in [3.8, 4) is 5.75 Å². The van der Waals surface area contributed by atoms with Crippen LogP contribution in [0.15, 0.2) is 58.5 Å². The molecule has 0 unspecified atom stereocenters. The summed E-state index contributed by atoms with van der Waals surface area (Å²) in [5.74, 6) is 0.537. The van der Waals surface area contributed by atoms with Crippen molar-refractivity contribution in [1.82, 2.24) is 4.83 Å². The molecule has 1 N–H and O–H groups in total. The number of rotatable bonds is 6. The van der Waals surface area contributed by atoms with Crippen molar-refractivity contribution < 1.29 is 26.3 Å². The Balaban J connectivity index is 2.04. The zero-order valence-electron chi connectivity index (χ0n) is 13.1. The lowest BCUT2D eigenvalue weighted by atomic mass is 10.1. The second kappa shape index (κ2) is 7.56. The minimum absolute atomic E-state index is 0.0134. The highest BCUT2D eigenvalue weighted by Crippen LogP contribution is 2.28. The number of alkyl halides is 3. The van der Waals surface area contributed by atoms with Crippen LogP contribution in [0, 0.1) is 0 Å². The van der Waals surface area contributed by atoms with E-state index in [-0.39, 0.29) is 4.90 Å². The Kier molecular flexibility index (Phi) is 5.68. The molecule has 134 valence electrons. The van der Waals surface area contributed by atoms with Crippen molar-refractivity contribution in [3.63, 3.8) is 0 Å². The lowest BCUT2D eigenvalue weighted by Gasteiger charge is -2.06. The highest BCUT2D eigenvalue weighted by molar-refractivity contribution is 7.89. The first kappa shape index (κ1) is 18.8. The number of hydrogen-bond acceptors (Lipinski definition) is 4. The number of ether oxygens (including phenoxy) is 1. The molecule has 0 saturated carbocycles. The van der Waals surface area contributed by atoms with Gasteiger partial charge in [-0.2, -0.15) is 26.7 Å². The molecule has 0 aliphatic rings. The van der Waals surface area contributed by atoms with E-state index < -0.39 is 21.8 Å². The smallest absolute Gasteiger partial charge is 0.416 e. The SMILES string of the molecule is CCOc1ccc(S(=O)(=O)N/N=C\c2ccc(C(F)(F)F)cc2)cc1. The fourth-order valence-electron chi connectivity index (χ4n) is 1.86. The van der Waals surface area contributed by atoms with Gasteiger partial charge in [-0.1, -0.05) is 12.1 Å². The summed E-state index contributed by atoms with van der Waals surface area (Å²) in [6.45, 7) is 2.27. The number of benzene rings is 2. The highest BCUT2D eigenvalue weighted by Gasteiger charge is 2.29. The average Bonchev–Trinajstić information content (AvgIpc) is 2.55. The number of nitrogens with one attached hydrogen (secondary N) is 1. The molecule has 0 saturated heterocycles. The normalized spacial score (nSPS) is 12.3. The van der Waals surface area contributed by atoms with Crippen LogP contribution in [0.3, 0.4) is 0 Å². The topological polar surface area (TPSA) is 67.8 Å². The molecule has 0 spiro atoms. The van der Waals surface area contributed by atoms with Crippen molar-refractivity contribution in [2.24, 2.45) is 5.10 Å². The monoisotopic (exact) mass is 372 g/mol. The number of nitrogens with zero attached hydrogens (tertiary/aromatic N) is 1. The number of sulfonamides is 1. The molecule has 0 aliphatic carbocycles. The van der Waals surface area contributed by atoms with Gasteiger partial charge in [0, 0.05) is 0 Å². The lowest BCUT2D eigenvalue weighted by Crippen LogP contribution is -2.18. The summed E-state index contributed by atoms with van der Waals surface area (Å²) in [6, 6.07) is 9.91. The third-order valence-corrected chi connectivity index (χ3v) is 4.31. The molecule has 2 aromatic carbocycles. The van der Waals surface area contributed by atoms with Gasteiger partial charge in [-0.3, -0.25) is 0 Å². The molecule has 25 heavy (non-hydrogen) atoms. The predicted octanol–water partition coefficient (Wildman–Crippen LogP) is 3.42. The third-order valence-electron chi connectivity index (χ3n) is 3.07. The number of hydrogen-bond donors (Lipinski definition) is 1. The van der Waals surface area contributed by atoms with Gasteiger partial charge in [0.15, 0.2) is 0 Å². The zero-order valence-corrected chi connectivity index (χ0v) is 13.9. The first-order valence-corrected chi connectivity index (χ1v) is 8.65. The van der Waals surface area contributed by atoms with Gasteiger partial charge in [-0.25, -0.2) is 4.83 Å². The van der Waals surface area contributed by atoms with Gasteiger partial charge < -0.3 is 4.74 Å². The van der Waals surface area contributed by atoms with Gasteiger partial charge >= 0.3 is 6.18 Å². The van der Waals surface area contributed by atoms with Crippen LogP contribution in [-0.4, -0.2) is 21.2 Å². The number of halogens is 3. The summed E-state index contributed by atoms with van der Waals surface area (Å²) in [5.41, 5.74) is -0.470. The average molecular weight is 372 g/mol. The van der Waals surface area contributed by atoms with Crippen molar-refractivity contribution in [2.75, 3.05) is 6.61 Å². The molecule has 0 fully saturated rings. The van der Waals surface area contributed by atoms with E-state index in [9.17, 15) is 21.6 Å². The van der Waals surface area contributed by atoms with Gasteiger partial charge in [-0.05, 0) is 48.9 Å². The summed E-state index contributed by atoms with van der Waals surface area (Å²) >= 11 is 0. The Morgan fingerprint density at radius 1 is 1.08 bits per heavy atom. The highest BCUT2D eigenvalue weighted by atomic mass is 32.2. The van der Waals surface area contributed by atoms with Gasteiger partial charge in [0.25, 0.3) is 10.0 Å². The first-order valence-electron chi connectivity index (χ1n) is 7.17. The zero-order chi connectivity index (χ0) is 18.5. The van der Waals surface area contributed by atoms with Crippen LogP contribution in [0.25, 0.3) is 0 Å². The Morgan fingerprint density at radius 3 is 2.20 bits per heavy atom. The van der Waals surface area contributed by atoms with E-state index in [1.54, 1.807) is 0 Å². The molecule has 0 radical (unpaired) electrons. The first-order chi connectivity index (χ1) is 11.7. The van der Waals surface area contributed by atoms with E-state index in [0.29, 0.717) is 17.9 Å². The largest absolute Gasteiger partial charge is 0.494 e. The number of hydrazone groups is 1. The molecule has 0 aliphatic heterocycles. The fraction of sp³-hybridized carbons (Fsp3) is 0.188. The van der Waals surface area contributed by atoms with Crippen LogP contribution in [0.2, 0.25) is 0 Å². The molecular formula is C16H15F3N2O3S. The van der Waals surface area contributed by atoms with Crippen molar-refractivity contribution in [2.45, 2.75) is 18.0 Å². The molecular weight excluding hydrogens is 357 g/mol. The maximum absolute atomic E-state index is 12.5. The van der Waals surface area contributed by atoms with E-state index in [4.69, 9.17) is 4.74 Å². The van der Waals surface area contributed by atoms with E-state index >= 15 is 0 Å². The van der Waals surface area contributed by atoms with Crippen LogP contribution < -0.4 is 9.57 Å². The van der Waals surface area contributed by atoms with Crippen molar-refractivity contribution >= 4 is 16.2 Å². The molecule has 2 rings (SSSR count). The van der Waals surface area contributed by atoms with Crippen LogP contribution in [-0.2, 0) is 16.2 Å². The molecule has 0 heterocycles. The molecule has 9 heteroatoms. The van der Waals surface area contributed by atoms with Crippen LogP contribution >= 0.6 is 0 Å². The van der Waals surface area contributed by atoms with Gasteiger partial charge in [-0.15, -0.1) is 0 Å². The Morgan fingerprint density at radius 2 is 1.68 bits per heavy atom. The van der Waals surface area contributed by atoms with Gasteiger partial charge in [0.1, 0.15) is 5.75 Å². The minimum Gasteiger partial charge on any atom is -0.494 e. The maximum atomic E-state index is 12.5. The second-order valence-corrected chi connectivity index (χ2v) is 6.54. The predicted molar refractivity (Wildman–Crippen MR) is 87.0 cm³/mol. The molecule has 0 amide bonds. The summed E-state index contributed by atoms with van der Waals surface area (Å²) in [6.07, 6.45) is -3.31. The van der Waals surface area contributed by atoms with E-state index in [1.807, 2.05) is 11.8 Å². The maximum Gasteiger partial charge on any atom is 0.416 e. The van der Waals surface area contributed by atoms with Crippen LogP contribution in [0.5, 0.6) is 5.75 Å². The van der Waals surface area contributed by atoms with E-state index in [2.05, 4.69) is 5.10 Å². The van der Waals surface area contributed by atoms with Gasteiger partial charge in [0.2, 0.25) is 0 Å². The lowest BCUT2D eigenvalue weighted by molar-refractivity contribution is -0.137. The Labute approximate surface area is 143 Å². The van der Waals surface area contributed by atoms with E-state index in [0.717, 1.165) is 18.3 Å². The summed E-state index contributed by atoms with van der Waals surface area (Å²) in [7, 11) is -3.88. The molecule has 0 aromatic heterocycles. The van der Waals surface area contributed by atoms with E-state index in [1.165, 1.54) is 36.4 Å². The minimum atomic E-state index is -4.43. The van der Waals surface area contributed by atoms with Crippen LogP contribution in [0.1, 0.15) is 18.1 Å². The fourth-order valence-corrected chi connectivity index (χ4v) is 2.65. The van der Waals surface area contributed by atoms with Gasteiger partial charge in [0.05, 0.1) is 23.3 Å². The molecule has 5 nitrogen and oxygen atoms in total. The second-order valence-electron chi connectivity index (χ2n) is 4.88. The molecule has 2 aromatic rings. The molecule has 0 bridgehead atoms. The summed E-state index contributed by atoms with van der Waals surface area (Å²) in [5, 5.41) is 3.56. The Hall–Kier alpha value is -2.55. The van der Waals surface area contributed by atoms with Crippen molar-refractivity contribution in [3.05, 3.63) is 59.7 Å².